The summed E-state index contributed by atoms with van der Waals surface area (Å²) in [6.07, 6.45) is 1.62. The summed E-state index contributed by atoms with van der Waals surface area (Å²) in [7, 11) is 0. The second-order valence-corrected chi connectivity index (χ2v) is 8.15. The number of morpholine rings is 1. The lowest BCUT2D eigenvalue weighted by Gasteiger charge is -2.28. The van der Waals surface area contributed by atoms with Gasteiger partial charge in [0, 0.05) is 41.5 Å². The SMILES string of the molecule is O=C(Nc1nccs1)c1[nH]c(-c2ccc(N3CCOCC3)cc2)nc1-c1ccc(F)cc1. The molecule has 3 heterocycles. The number of ether oxygens (including phenoxy) is 1. The molecule has 0 bridgehead atoms. The van der Waals surface area contributed by atoms with E-state index >= 15 is 0 Å². The zero-order valence-corrected chi connectivity index (χ0v) is 17.9. The molecule has 0 unspecified atom stereocenters. The molecule has 1 aliphatic rings. The summed E-state index contributed by atoms with van der Waals surface area (Å²) >= 11 is 1.33. The predicted octanol–water partition coefficient (Wildman–Crippen LogP) is 4.43. The molecule has 9 heteroatoms. The van der Waals surface area contributed by atoms with Crippen molar-refractivity contribution in [2.75, 3.05) is 36.5 Å². The Hall–Kier alpha value is -3.56. The van der Waals surface area contributed by atoms with Gasteiger partial charge >= 0.3 is 0 Å². The van der Waals surface area contributed by atoms with Gasteiger partial charge in [0.15, 0.2) is 5.13 Å². The minimum absolute atomic E-state index is 0.291. The number of hydrogen-bond donors (Lipinski definition) is 2. The van der Waals surface area contributed by atoms with Crippen molar-refractivity contribution in [2.45, 2.75) is 0 Å². The molecule has 1 aliphatic heterocycles. The lowest BCUT2D eigenvalue weighted by Crippen LogP contribution is -2.36. The Morgan fingerprint density at radius 1 is 1.06 bits per heavy atom. The van der Waals surface area contributed by atoms with Gasteiger partial charge in [-0.25, -0.2) is 14.4 Å². The normalized spacial score (nSPS) is 13.8. The van der Waals surface area contributed by atoms with E-state index < -0.39 is 0 Å². The highest BCUT2D eigenvalue weighted by atomic mass is 32.1. The quantitative estimate of drug-likeness (QED) is 0.471. The number of nitrogens with zero attached hydrogens (tertiary/aromatic N) is 3. The molecule has 1 amide bonds. The lowest BCUT2D eigenvalue weighted by molar-refractivity contribution is 0.102. The molecule has 7 nitrogen and oxygen atoms in total. The van der Waals surface area contributed by atoms with Crippen LogP contribution in [0.3, 0.4) is 0 Å². The molecule has 0 saturated carbocycles. The van der Waals surface area contributed by atoms with Crippen LogP contribution >= 0.6 is 11.3 Å². The number of amides is 1. The van der Waals surface area contributed by atoms with Crippen LogP contribution in [0.4, 0.5) is 15.2 Å². The number of rotatable bonds is 5. The van der Waals surface area contributed by atoms with E-state index in [1.807, 2.05) is 24.3 Å². The van der Waals surface area contributed by atoms with Crippen molar-refractivity contribution in [2.24, 2.45) is 0 Å². The molecule has 0 spiro atoms. The average Bonchev–Trinajstić information content (AvgIpc) is 3.51. The molecule has 1 saturated heterocycles. The van der Waals surface area contributed by atoms with Crippen molar-refractivity contribution in [1.29, 1.82) is 0 Å². The van der Waals surface area contributed by atoms with Gasteiger partial charge in [0.2, 0.25) is 0 Å². The number of hydrogen-bond acceptors (Lipinski definition) is 6. The van der Waals surface area contributed by atoms with Gasteiger partial charge in [-0.1, -0.05) is 0 Å². The third-order valence-corrected chi connectivity index (χ3v) is 5.91. The van der Waals surface area contributed by atoms with Crippen molar-refractivity contribution in [3.63, 3.8) is 0 Å². The van der Waals surface area contributed by atoms with Crippen molar-refractivity contribution < 1.29 is 13.9 Å². The number of carbonyl (C=O) groups is 1. The van der Waals surface area contributed by atoms with Crippen molar-refractivity contribution in [3.8, 4) is 22.6 Å². The van der Waals surface area contributed by atoms with Crippen LogP contribution in [0.25, 0.3) is 22.6 Å². The Labute approximate surface area is 187 Å². The minimum Gasteiger partial charge on any atom is -0.378 e. The van der Waals surface area contributed by atoms with Gasteiger partial charge in [0.25, 0.3) is 5.91 Å². The van der Waals surface area contributed by atoms with Crippen LogP contribution in [0.15, 0.2) is 60.1 Å². The maximum atomic E-state index is 13.4. The van der Waals surface area contributed by atoms with E-state index in [2.05, 4.69) is 25.2 Å². The number of H-pyrrole nitrogens is 1. The first-order chi connectivity index (χ1) is 15.7. The first kappa shape index (κ1) is 20.3. The summed E-state index contributed by atoms with van der Waals surface area (Å²) in [5.41, 5.74) is 3.34. The van der Waals surface area contributed by atoms with Crippen LogP contribution in [0.5, 0.6) is 0 Å². The van der Waals surface area contributed by atoms with Crippen LogP contribution in [-0.4, -0.2) is 47.2 Å². The molecule has 162 valence electrons. The first-order valence-electron chi connectivity index (χ1n) is 10.2. The molecule has 2 aromatic heterocycles. The van der Waals surface area contributed by atoms with Gasteiger partial charge in [0.1, 0.15) is 23.0 Å². The molecule has 4 aromatic rings. The number of aromatic nitrogens is 3. The largest absolute Gasteiger partial charge is 0.378 e. The Bertz CT molecular complexity index is 1200. The van der Waals surface area contributed by atoms with Gasteiger partial charge in [-0.3, -0.25) is 10.1 Å². The summed E-state index contributed by atoms with van der Waals surface area (Å²) in [6.45, 7) is 3.16. The molecule has 5 rings (SSSR count). The molecular weight excluding hydrogens is 429 g/mol. The zero-order chi connectivity index (χ0) is 21.9. The smallest absolute Gasteiger partial charge is 0.276 e. The number of aromatic amines is 1. The molecule has 2 aromatic carbocycles. The Morgan fingerprint density at radius 3 is 2.47 bits per heavy atom. The number of nitrogens with one attached hydrogen (secondary N) is 2. The molecular formula is C23H20FN5O2S. The maximum absolute atomic E-state index is 13.4. The van der Waals surface area contributed by atoms with Crippen LogP contribution in [-0.2, 0) is 4.74 Å². The highest BCUT2D eigenvalue weighted by Crippen LogP contribution is 2.29. The zero-order valence-electron chi connectivity index (χ0n) is 17.0. The third-order valence-electron chi connectivity index (χ3n) is 5.22. The number of carbonyl (C=O) groups excluding carboxylic acids is 1. The van der Waals surface area contributed by atoms with Gasteiger partial charge in [-0.15, -0.1) is 11.3 Å². The first-order valence-corrected chi connectivity index (χ1v) is 11.1. The average molecular weight is 450 g/mol. The van der Waals surface area contributed by atoms with Crippen molar-refractivity contribution in [1.82, 2.24) is 15.0 Å². The van der Waals surface area contributed by atoms with Crippen LogP contribution < -0.4 is 10.2 Å². The summed E-state index contributed by atoms with van der Waals surface area (Å²) in [6, 6.07) is 13.9. The fourth-order valence-corrected chi connectivity index (χ4v) is 4.11. The number of anilines is 2. The van der Waals surface area contributed by atoms with E-state index in [9.17, 15) is 9.18 Å². The highest BCUT2D eigenvalue weighted by molar-refractivity contribution is 7.13. The summed E-state index contributed by atoms with van der Waals surface area (Å²) in [5, 5.41) is 5.06. The Kier molecular flexibility index (Phi) is 5.66. The highest BCUT2D eigenvalue weighted by Gasteiger charge is 2.21. The summed E-state index contributed by atoms with van der Waals surface area (Å²) in [4.78, 5) is 27.2. The van der Waals surface area contributed by atoms with E-state index in [1.165, 1.54) is 23.5 Å². The van der Waals surface area contributed by atoms with Gasteiger partial charge in [-0.05, 0) is 48.5 Å². The Balaban J connectivity index is 1.48. The fourth-order valence-electron chi connectivity index (χ4n) is 3.59. The second kappa shape index (κ2) is 8.89. The number of thiazole rings is 1. The van der Waals surface area contributed by atoms with E-state index in [0.717, 1.165) is 37.6 Å². The van der Waals surface area contributed by atoms with Crippen LogP contribution in [0.2, 0.25) is 0 Å². The third kappa shape index (κ3) is 4.25. The monoisotopic (exact) mass is 449 g/mol. The van der Waals surface area contributed by atoms with Gasteiger partial charge in [-0.2, -0.15) is 0 Å². The summed E-state index contributed by atoms with van der Waals surface area (Å²) < 4.78 is 18.9. The number of benzene rings is 2. The molecule has 2 N–H and O–H groups in total. The van der Waals surface area contributed by atoms with Crippen molar-refractivity contribution >= 4 is 28.1 Å². The van der Waals surface area contributed by atoms with E-state index in [1.54, 1.807) is 23.7 Å². The molecule has 1 fully saturated rings. The van der Waals surface area contributed by atoms with Crippen LogP contribution in [0, 0.1) is 5.82 Å². The fraction of sp³-hybridized carbons (Fsp3) is 0.174. The van der Waals surface area contributed by atoms with E-state index in [-0.39, 0.29) is 11.7 Å². The standard InChI is InChI=1S/C23H20FN5O2S/c24-17-5-1-15(2-6-17)19-20(22(30)28-23-25-9-14-32-23)27-21(26-19)16-3-7-18(8-4-16)29-10-12-31-13-11-29/h1-9,14H,10-13H2,(H,26,27)(H,25,28,30). The van der Waals surface area contributed by atoms with E-state index in [4.69, 9.17) is 4.74 Å². The molecule has 0 radical (unpaired) electrons. The topological polar surface area (TPSA) is 83.1 Å². The second-order valence-electron chi connectivity index (χ2n) is 7.25. The van der Waals surface area contributed by atoms with Crippen LogP contribution in [0.1, 0.15) is 10.5 Å². The predicted molar refractivity (Wildman–Crippen MR) is 123 cm³/mol. The van der Waals surface area contributed by atoms with Gasteiger partial charge in [0.05, 0.1) is 13.2 Å². The number of halogens is 1. The lowest BCUT2D eigenvalue weighted by atomic mass is 10.1. The molecule has 0 atom stereocenters. The molecule has 0 aliphatic carbocycles. The van der Waals surface area contributed by atoms with Crippen molar-refractivity contribution in [3.05, 3.63) is 71.6 Å². The Morgan fingerprint density at radius 2 is 1.78 bits per heavy atom. The van der Waals surface area contributed by atoms with E-state index in [0.29, 0.717) is 27.9 Å². The van der Waals surface area contributed by atoms with Gasteiger partial charge < -0.3 is 14.6 Å². The minimum atomic E-state index is -0.358. The molecule has 32 heavy (non-hydrogen) atoms. The number of imidazole rings is 1. The summed E-state index contributed by atoms with van der Waals surface area (Å²) in [5.74, 6) is -0.151. The maximum Gasteiger partial charge on any atom is 0.276 e.